The average Bonchev–Trinajstić information content (AvgIpc) is 3.10. The maximum atomic E-state index is 10.7. The van der Waals surface area contributed by atoms with Gasteiger partial charge in [-0.2, -0.15) is 0 Å². The maximum Gasteiger partial charge on any atom is 4.00 e. The molecule has 0 saturated heterocycles. The van der Waals surface area contributed by atoms with Crippen molar-refractivity contribution in [2.75, 3.05) is 0 Å². The summed E-state index contributed by atoms with van der Waals surface area (Å²) in [6.45, 7) is 16.0. The van der Waals surface area contributed by atoms with Crippen LogP contribution in [0.2, 0.25) is 0 Å². The topological polar surface area (TPSA) is 92.2 Å². The van der Waals surface area contributed by atoms with Crippen molar-refractivity contribution < 1.29 is 42.1 Å². The zero-order valence-corrected chi connectivity index (χ0v) is 39.5. The summed E-state index contributed by atoms with van der Waals surface area (Å²) in [5.74, 6) is 0. The molecule has 0 N–H and O–H groups in total. The molecule has 0 saturated carbocycles. The van der Waals surface area contributed by atoms with E-state index < -0.39 is 0 Å². The van der Waals surface area contributed by atoms with Crippen molar-refractivity contribution in [3.8, 4) is 0 Å². The first kappa shape index (κ1) is 62.7. The second kappa shape index (κ2) is 59.2. The first-order chi connectivity index (χ1) is 25.1. The van der Waals surface area contributed by atoms with Crippen LogP contribution in [0, 0.1) is 0 Å². The first-order valence-corrected chi connectivity index (χ1v) is 23.7. The molecule has 0 aliphatic carbocycles. The van der Waals surface area contributed by atoms with Gasteiger partial charge in [-0.05, 0) is 0 Å². The summed E-state index contributed by atoms with van der Waals surface area (Å²) in [6, 6.07) is 0. The van der Waals surface area contributed by atoms with E-state index in [1.54, 1.807) is 27.7 Å². The fourth-order valence-electron chi connectivity index (χ4n) is 6.26. The van der Waals surface area contributed by atoms with E-state index in [0.717, 1.165) is 51.4 Å². The zero-order chi connectivity index (χ0) is 39.8. The van der Waals surface area contributed by atoms with Crippen LogP contribution in [0.4, 0.5) is 0 Å². The van der Waals surface area contributed by atoms with Crippen LogP contribution in [-0.4, -0.2) is 24.4 Å². The monoisotopic (exact) mass is 789 g/mol. The molecule has 0 heterocycles. The normalized spacial score (nSPS) is 12.9. The van der Waals surface area contributed by atoms with Crippen LogP contribution in [0.1, 0.15) is 287 Å². The van der Waals surface area contributed by atoms with E-state index in [1.807, 2.05) is 0 Å². The fraction of sp³-hybridized carbons (Fsp3) is 1.00. The Labute approximate surface area is 351 Å². The number of hydrogen-bond donors (Lipinski definition) is 0. The molecule has 0 aliphatic heterocycles. The van der Waals surface area contributed by atoms with E-state index in [4.69, 9.17) is 0 Å². The molecule has 0 aliphatic rings. The molecule has 0 aromatic rings. The van der Waals surface area contributed by atoms with Crippen molar-refractivity contribution in [2.24, 2.45) is 0 Å². The Morgan fingerprint density at radius 2 is 0.340 bits per heavy atom. The predicted molar refractivity (Wildman–Crippen MR) is 227 cm³/mol. The molecule has 0 bridgehead atoms. The minimum atomic E-state index is -0.347. The van der Waals surface area contributed by atoms with Crippen LogP contribution in [0.25, 0.3) is 0 Å². The molecule has 0 rings (SSSR count). The summed E-state index contributed by atoms with van der Waals surface area (Å²) >= 11 is 0. The van der Waals surface area contributed by atoms with Crippen molar-refractivity contribution in [3.63, 3.8) is 0 Å². The molecule has 0 fully saturated rings. The van der Waals surface area contributed by atoms with Gasteiger partial charge in [0.25, 0.3) is 0 Å². The van der Waals surface area contributed by atoms with Crippen LogP contribution in [0.15, 0.2) is 0 Å². The summed E-state index contributed by atoms with van der Waals surface area (Å²) in [5.41, 5.74) is 0. The Hall–Kier alpha value is 0.554. The minimum absolute atomic E-state index is 0. The first-order valence-electron chi connectivity index (χ1n) is 23.7. The zero-order valence-electron chi connectivity index (χ0n) is 37.9. The molecule has 0 aromatic carbocycles. The van der Waals surface area contributed by atoms with Gasteiger partial charge in [0, 0.05) is 0 Å². The molecule has 5 heteroatoms. The number of hydrogen-bond acceptors (Lipinski definition) is 4. The molecule has 0 aromatic heterocycles. The van der Waals surface area contributed by atoms with E-state index in [2.05, 4.69) is 27.7 Å². The van der Waals surface area contributed by atoms with E-state index in [-0.39, 0.29) is 46.1 Å². The molecule has 4 nitrogen and oxygen atoms in total. The smallest absolute Gasteiger partial charge is 0.852 e. The van der Waals surface area contributed by atoms with Gasteiger partial charge in [-0.25, -0.2) is 0 Å². The van der Waals surface area contributed by atoms with Crippen LogP contribution >= 0.6 is 0 Å². The van der Waals surface area contributed by atoms with Crippen LogP contribution in [-0.2, 0) is 21.7 Å². The van der Waals surface area contributed by atoms with Crippen molar-refractivity contribution in [2.45, 2.75) is 311 Å². The molecule has 0 radical (unpaired) electrons. The molecule has 53 heavy (non-hydrogen) atoms. The minimum Gasteiger partial charge on any atom is -0.852 e. The molecule has 4 unspecified atom stereocenters. The van der Waals surface area contributed by atoms with Crippen molar-refractivity contribution >= 4 is 0 Å². The summed E-state index contributed by atoms with van der Waals surface area (Å²) in [7, 11) is 0. The fourth-order valence-corrected chi connectivity index (χ4v) is 6.26. The standard InChI is InChI=1S/4C12H25O.Ti/c4*1-3-4-5-6-7-8-9-10-11-12(2)13;/h4*12H,3-11H2,1-2H3;/q4*-1;+4. The van der Waals surface area contributed by atoms with Crippen LogP contribution in [0.5, 0.6) is 0 Å². The molecule has 0 spiro atoms. The molecular formula is C48H100O4Ti. The largest absolute Gasteiger partial charge is 4.00 e. The average molecular weight is 789 g/mol. The van der Waals surface area contributed by atoms with Gasteiger partial charge < -0.3 is 20.4 Å². The Morgan fingerprint density at radius 3 is 0.453 bits per heavy atom. The Bertz CT molecular complexity index is 460. The van der Waals surface area contributed by atoms with Gasteiger partial charge in [0.05, 0.1) is 0 Å². The van der Waals surface area contributed by atoms with Gasteiger partial charge in [0.15, 0.2) is 0 Å². The summed E-state index contributed by atoms with van der Waals surface area (Å²) in [4.78, 5) is 0. The van der Waals surface area contributed by atoms with Gasteiger partial charge in [0.1, 0.15) is 0 Å². The molecular weight excluding hydrogens is 688 g/mol. The maximum absolute atomic E-state index is 10.7. The van der Waals surface area contributed by atoms with Gasteiger partial charge in [-0.3, -0.25) is 0 Å². The van der Waals surface area contributed by atoms with Gasteiger partial charge in [-0.15, -0.1) is 24.4 Å². The Morgan fingerprint density at radius 1 is 0.226 bits per heavy atom. The summed E-state index contributed by atoms with van der Waals surface area (Å²) in [5, 5.41) is 42.8. The van der Waals surface area contributed by atoms with E-state index in [9.17, 15) is 20.4 Å². The third-order valence-corrected chi connectivity index (χ3v) is 9.86. The van der Waals surface area contributed by atoms with Gasteiger partial charge in [-0.1, -0.05) is 287 Å². The Kier molecular flexibility index (Phi) is 70.1. The third kappa shape index (κ3) is 81.7. The summed E-state index contributed by atoms with van der Waals surface area (Å²) in [6.07, 6.45) is 44.5. The summed E-state index contributed by atoms with van der Waals surface area (Å²) < 4.78 is 0. The number of rotatable bonds is 36. The SMILES string of the molecule is CCCCCCCCCCC(C)[O-].CCCCCCCCCCC(C)[O-].CCCCCCCCCCC(C)[O-].CCCCCCCCCCC(C)[O-].[Ti+4]. The second-order valence-corrected chi connectivity index (χ2v) is 16.3. The Balaban J connectivity index is -0.000000192. The van der Waals surface area contributed by atoms with Crippen molar-refractivity contribution in [1.82, 2.24) is 0 Å². The third-order valence-electron chi connectivity index (χ3n) is 9.86. The van der Waals surface area contributed by atoms with Gasteiger partial charge >= 0.3 is 21.7 Å². The van der Waals surface area contributed by atoms with E-state index in [0.29, 0.717) is 0 Å². The predicted octanol–water partition coefficient (Wildman–Crippen LogP) is 13.1. The second-order valence-electron chi connectivity index (χ2n) is 16.3. The van der Waals surface area contributed by atoms with Crippen molar-refractivity contribution in [3.05, 3.63) is 0 Å². The van der Waals surface area contributed by atoms with Crippen molar-refractivity contribution in [1.29, 1.82) is 0 Å². The van der Waals surface area contributed by atoms with E-state index >= 15 is 0 Å². The number of unbranched alkanes of at least 4 members (excludes halogenated alkanes) is 28. The van der Waals surface area contributed by atoms with Crippen LogP contribution in [0.3, 0.4) is 0 Å². The molecule has 0 amide bonds. The van der Waals surface area contributed by atoms with E-state index in [1.165, 1.54) is 180 Å². The quantitative estimate of drug-likeness (QED) is 0.0467. The van der Waals surface area contributed by atoms with Crippen LogP contribution < -0.4 is 20.4 Å². The molecule has 4 atom stereocenters. The van der Waals surface area contributed by atoms with Gasteiger partial charge in [0.2, 0.25) is 0 Å². The molecule has 320 valence electrons.